The third-order valence-corrected chi connectivity index (χ3v) is 6.24. The maximum atomic E-state index is 12.7. The molecule has 1 saturated heterocycles. The number of para-hydroxylation sites is 2. The molecule has 1 amide bonds. The molecule has 3 aromatic rings. The van der Waals surface area contributed by atoms with Crippen LogP contribution < -0.4 is 10.2 Å². The summed E-state index contributed by atoms with van der Waals surface area (Å²) in [5.74, 6) is 1.58. The number of benzene rings is 2. The van der Waals surface area contributed by atoms with Gasteiger partial charge in [0, 0.05) is 37.2 Å². The lowest BCUT2D eigenvalue weighted by atomic mass is 10.2. The maximum Gasteiger partial charge on any atom is 0.416 e. The van der Waals surface area contributed by atoms with Gasteiger partial charge in [-0.25, -0.2) is 4.98 Å². The van der Waals surface area contributed by atoms with Gasteiger partial charge in [0.1, 0.15) is 5.82 Å². The Balaban J connectivity index is 1.12. The number of rotatable bonds is 5. The van der Waals surface area contributed by atoms with E-state index in [0.717, 1.165) is 47.5 Å². The van der Waals surface area contributed by atoms with Crippen molar-refractivity contribution < 1.29 is 18.0 Å². The molecule has 2 fully saturated rings. The molecule has 8 heteroatoms. The Morgan fingerprint density at radius 3 is 2.68 bits per heavy atom. The lowest BCUT2D eigenvalue weighted by Gasteiger charge is -2.20. The fraction of sp³-hybridized carbons (Fsp3) is 0.391. The van der Waals surface area contributed by atoms with Crippen molar-refractivity contribution in [3.05, 3.63) is 59.9 Å². The molecule has 0 spiro atoms. The SMILES string of the molecule is O=C(C[C@H]1C[C@H]1c1nc2ccccc2[nH]1)N[C@@H]1CCN(c2ccc(C(F)(F)F)cc2)C1. The molecule has 3 atom stereocenters. The van der Waals surface area contributed by atoms with Crippen LogP contribution in [0, 0.1) is 5.92 Å². The Bertz CT molecular complexity index is 1060. The molecule has 5 rings (SSSR count). The quantitative estimate of drug-likeness (QED) is 0.630. The number of aromatic nitrogens is 2. The van der Waals surface area contributed by atoms with E-state index in [-0.39, 0.29) is 11.9 Å². The number of nitrogens with one attached hydrogen (secondary N) is 2. The van der Waals surface area contributed by atoms with E-state index < -0.39 is 11.7 Å². The van der Waals surface area contributed by atoms with Crippen molar-refractivity contribution in [3.63, 3.8) is 0 Å². The minimum atomic E-state index is -4.33. The van der Waals surface area contributed by atoms with Crippen LogP contribution in [0.2, 0.25) is 0 Å². The van der Waals surface area contributed by atoms with E-state index in [4.69, 9.17) is 0 Å². The van der Waals surface area contributed by atoms with Crippen LogP contribution in [-0.4, -0.2) is 35.0 Å². The van der Waals surface area contributed by atoms with Gasteiger partial charge >= 0.3 is 6.18 Å². The van der Waals surface area contributed by atoms with Crippen LogP contribution in [0.15, 0.2) is 48.5 Å². The third kappa shape index (κ3) is 4.24. The minimum absolute atomic E-state index is 0.0122. The second-order valence-electron chi connectivity index (χ2n) is 8.49. The van der Waals surface area contributed by atoms with Gasteiger partial charge in [0.05, 0.1) is 16.6 Å². The second-order valence-corrected chi connectivity index (χ2v) is 8.49. The highest BCUT2D eigenvalue weighted by atomic mass is 19.4. The predicted molar refractivity (Wildman–Crippen MR) is 112 cm³/mol. The Hall–Kier alpha value is -3.03. The molecule has 0 radical (unpaired) electrons. The van der Waals surface area contributed by atoms with Gasteiger partial charge in [-0.1, -0.05) is 12.1 Å². The van der Waals surface area contributed by atoms with Gasteiger partial charge in [-0.2, -0.15) is 13.2 Å². The molecule has 2 aliphatic rings. The monoisotopic (exact) mass is 428 g/mol. The Labute approximate surface area is 177 Å². The summed E-state index contributed by atoms with van der Waals surface area (Å²) in [6, 6.07) is 13.1. The molecule has 162 valence electrons. The molecule has 1 aliphatic carbocycles. The smallest absolute Gasteiger partial charge is 0.369 e. The van der Waals surface area contributed by atoms with Crippen molar-refractivity contribution in [3.8, 4) is 0 Å². The average molecular weight is 428 g/mol. The normalized spacial score (nSPS) is 23.3. The number of anilines is 1. The van der Waals surface area contributed by atoms with E-state index in [2.05, 4.69) is 15.3 Å². The zero-order valence-electron chi connectivity index (χ0n) is 16.8. The van der Waals surface area contributed by atoms with Crippen LogP contribution >= 0.6 is 0 Å². The number of H-pyrrole nitrogens is 1. The summed E-state index contributed by atoms with van der Waals surface area (Å²) in [4.78, 5) is 22.5. The number of nitrogens with zero attached hydrogens (tertiary/aromatic N) is 2. The highest BCUT2D eigenvalue weighted by molar-refractivity contribution is 5.78. The molecule has 5 nitrogen and oxygen atoms in total. The van der Waals surface area contributed by atoms with Crippen molar-refractivity contribution in [2.75, 3.05) is 18.0 Å². The Morgan fingerprint density at radius 1 is 1.16 bits per heavy atom. The van der Waals surface area contributed by atoms with Crippen LogP contribution in [0.1, 0.15) is 36.6 Å². The molecule has 2 N–H and O–H groups in total. The first kappa shape index (κ1) is 19.9. The number of carbonyl (C=O) groups is 1. The van der Waals surface area contributed by atoms with Crippen molar-refractivity contribution in [2.24, 2.45) is 5.92 Å². The third-order valence-electron chi connectivity index (χ3n) is 6.24. The van der Waals surface area contributed by atoms with Gasteiger partial charge < -0.3 is 15.2 Å². The summed E-state index contributed by atoms with van der Waals surface area (Å²) in [5, 5.41) is 3.09. The molecular formula is C23H23F3N4O. The lowest BCUT2D eigenvalue weighted by Crippen LogP contribution is -2.37. The number of amides is 1. The highest BCUT2D eigenvalue weighted by Gasteiger charge is 2.42. The number of alkyl halides is 3. The number of imidazole rings is 1. The first-order valence-electron chi connectivity index (χ1n) is 10.5. The topological polar surface area (TPSA) is 61.0 Å². The summed E-state index contributed by atoms with van der Waals surface area (Å²) in [6.45, 7) is 1.32. The predicted octanol–water partition coefficient (Wildman–Crippen LogP) is 4.47. The minimum Gasteiger partial charge on any atom is -0.369 e. The zero-order valence-corrected chi connectivity index (χ0v) is 16.8. The Morgan fingerprint density at radius 2 is 1.94 bits per heavy atom. The first-order valence-corrected chi connectivity index (χ1v) is 10.5. The van der Waals surface area contributed by atoms with E-state index in [9.17, 15) is 18.0 Å². The summed E-state index contributed by atoms with van der Waals surface area (Å²) in [6.07, 6.45) is -2.12. The highest BCUT2D eigenvalue weighted by Crippen LogP contribution is 2.48. The van der Waals surface area contributed by atoms with Gasteiger partial charge in [0.15, 0.2) is 0 Å². The van der Waals surface area contributed by atoms with E-state index in [0.29, 0.717) is 31.3 Å². The molecule has 1 aliphatic heterocycles. The molecule has 31 heavy (non-hydrogen) atoms. The van der Waals surface area contributed by atoms with Gasteiger partial charge in [0.25, 0.3) is 0 Å². The maximum absolute atomic E-state index is 12.7. The fourth-order valence-corrected chi connectivity index (χ4v) is 4.45. The molecule has 0 bridgehead atoms. The van der Waals surface area contributed by atoms with E-state index >= 15 is 0 Å². The molecular weight excluding hydrogens is 405 g/mol. The molecule has 1 saturated carbocycles. The summed E-state index contributed by atoms with van der Waals surface area (Å²) in [5.41, 5.74) is 2.06. The van der Waals surface area contributed by atoms with Crippen molar-refractivity contribution in [1.29, 1.82) is 0 Å². The van der Waals surface area contributed by atoms with E-state index in [1.165, 1.54) is 12.1 Å². The molecule has 2 aromatic carbocycles. The van der Waals surface area contributed by atoms with Gasteiger partial charge in [-0.3, -0.25) is 4.79 Å². The van der Waals surface area contributed by atoms with E-state index in [1.807, 2.05) is 29.2 Å². The lowest BCUT2D eigenvalue weighted by molar-refractivity contribution is -0.137. The standard InChI is InChI=1S/C23H23F3N4O/c24-23(25,26)15-5-7-17(8-6-15)30-10-9-16(13-30)27-21(31)12-14-11-18(14)22-28-19-3-1-2-4-20(19)29-22/h1-8,14,16,18H,9-13H2,(H,27,31)(H,28,29)/t14-,16-,18-/m1/s1. The van der Waals surface area contributed by atoms with Crippen molar-refractivity contribution in [1.82, 2.24) is 15.3 Å². The first-order chi connectivity index (χ1) is 14.9. The number of halogens is 3. The zero-order chi connectivity index (χ0) is 21.6. The van der Waals surface area contributed by atoms with Crippen LogP contribution in [0.25, 0.3) is 11.0 Å². The largest absolute Gasteiger partial charge is 0.416 e. The van der Waals surface area contributed by atoms with E-state index in [1.54, 1.807) is 0 Å². The second kappa shape index (κ2) is 7.59. The Kier molecular flexibility index (Phi) is 4.87. The molecule has 1 aromatic heterocycles. The van der Waals surface area contributed by atoms with Crippen molar-refractivity contribution in [2.45, 2.75) is 37.4 Å². The number of hydrogen-bond acceptors (Lipinski definition) is 3. The van der Waals surface area contributed by atoms with Gasteiger partial charge in [-0.05, 0) is 55.2 Å². The molecule has 2 heterocycles. The summed E-state index contributed by atoms with van der Waals surface area (Å²) < 4.78 is 38.2. The van der Waals surface area contributed by atoms with Crippen LogP contribution in [-0.2, 0) is 11.0 Å². The van der Waals surface area contributed by atoms with Crippen LogP contribution in [0.3, 0.4) is 0 Å². The number of carbonyl (C=O) groups excluding carboxylic acids is 1. The summed E-state index contributed by atoms with van der Waals surface area (Å²) >= 11 is 0. The van der Waals surface area contributed by atoms with Gasteiger partial charge in [0.2, 0.25) is 5.91 Å². The number of fused-ring (bicyclic) bond motifs is 1. The fourth-order valence-electron chi connectivity index (χ4n) is 4.45. The van der Waals surface area contributed by atoms with Crippen LogP contribution in [0.4, 0.5) is 18.9 Å². The average Bonchev–Trinajstić information content (AvgIpc) is 3.14. The molecule has 0 unspecified atom stereocenters. The van der Waals surface area contributed by atoms with Crippen LogP contribution in [0.5, 0.6) is 0 Å². The van der Waals surface area contributed by atoms with Crippen molar-refractivity contribution >= 4 is 22.6 Å². The van der Waals surface area contributed by atoms with Gasteiger partial charge in [-0.15, -0.1) is 0 Å². The summed E-state index contributed by atoms with van der Waals surface area (Å²) in [7, 11) is 0. The number of aromatic amines is 1. The number of hydrogen-bond donors (Lipinski definition) is 2.